The minimum absolute atomic E-state index is 0.0590. The zero-order valence-electron chi connectivity index (χ0n) is 20.5. The maximum Gasteiger partial charge on any atom is 0.487 e. The summed E-state index contributed by atoms with van der Waals surface area (Å²) in [6.07, 6.45) is -3.12. The summed E-state index contributed by atoms with van der Waals surface area (Å²) in [5.74, 6) is -4.19. The summed E-state index contributed by atoms with van der Waals surface area (Å²) < 4.78 is 72.0. The number of hydrogen-bond acceptors (Lipinski definition) is 4. The molecule has 2 aromatic heterocycles. The first-order chi connectivity index (χ1) is 18.6. The van der Waals surface area contributed by atoms with Crippen molar-refractivity contribution in [1.29, 1.82) is 0 Å². The summed E-state index contributed by atoms with van der Waals surface area (Å²) in [5.41, 5.74) is 0.177. The number of halogens is 5. The van der Waals surface area contributed by atoms with Crippen LogP contribution in [0.3, 0.4) is 0 Å². The van der Waals surface area contributed by atoms with Crippen molar-refractivity contribution in [2.45, 2.75) is 56.5 Å². The van der Waals surface area contributed by atoms with Crippen molar-refractivity contribution in [1.82, 2.24) is 29.7 Å². The predicted octanol–water partition coefficient (Wildman–Crippen LogP) is 3.99. The molecule has 2 aliphatic rings. The van der Waals surface area contributed by atoms with Crippen molar-refractivity contribution >= 4 is 23.1 Å². The molecule has 0 saturated carbocycles. The number of nitrogens with zero attached hydrogens (tertiary/aromatic N) is 4. The van der Waals surface area contributed by atoms with Crippen LogP contribution in [0, 0.1) is 11.6 Å². The van der Waals surface area contributed by atoms with Gasteiger partial charge < -0.3 is 10.2 Å². The van der Waals surface area contributed by atoms with Gasteiger partial charge in [0.1, 0.15) is 6.04 Å². The number of carbonyl (C=O) groups is 2. The number of amides is 3. The molecule has 2 N–H and O–H groups in total. The molecule has 5 rings (SSSR count). The molecule has 9 nitrogen and oxygen atoms in total. The number of benzene rings is 1. The van der Waals surface area contributed by atoms with E-state index in [4.69, 9.17) is 0 Å². The summed E-state index contributed by atoms with van der Waals surface area (Å²) in [6, 6.07) is 2.15. The van der Waals surface area contributed by atoms with Gasteiger partial charge in [-0.05, 0) is 50.3 Å². The minimum atomic E-state index is -5.19. The molecule has 4 heterocycles. The van der Waals surface area contributed by atoms with E-state index in [0.717, 1.165) is 18.2 Å². The molecular weight excluding hydrogens is 527 g/mol. The number of nitrogens with one attached hydrogen (secondary N) is 2. The highest BCUT2D eigenvalue weighted by Crippen LogP contribution is 2.39. The van der Waals surface area contributed by atoms with Gasteiger partial charge in [-0.1, -0.05) is 12.1 Å². The number of aromatic amines is 1. The van der Waals surface area contributed by atoms with E-state index < -0.39 is 52.4 Å². The van der Waals surface area contributed by atoms with Crippen molar-refractivity contribution in [3.8, 4) is 0 Å². The summed E-state index contributed by atoms with van der Waals surface area (Å²) >= 11 is 0. The fourth-order valence-electron chi connectivity index (χ4n) is 5.49. The fourth-order valence-corrected chi connectivity index (χ4v) is 5.49. The summed E-state index contributed by atoms with van der Waals surface area (Å²) in [5, 5.41) is 2.41. The number of likely N-dealkylation sites (tertiary alicyclic amines) is 2. The lowest BCUT2D eigenvalue weighted by Gasteiger charge is -2.35. The number of pyridine rings is 1. The van der Waals surface area contributed by atoms with E-state index >= 15 is 0 Å². The Morgan fingerprint density at radius 3 is 2.49 bits per heavy atom. The third-order valence-corrected chi connectivity index (χ3v) is 7.34. The number of H-pyrrole nitrogens is 1. The van der Waals surface area contributed by atoms with Gasteiger partial charge >= 0.3 is 18.0 Å². The maximum atomic E-state index is 14.4. The van der Waals surface area contributed by atoms with E-state index in [1.165, 1.54) is 4.90 Å². The molecule has 0 radical (unpaired) electrons. The molecule has 2 fully saturated rings. The van der Waals surface area contributed by atoms with Gasteiger partial charge in [0.25, 0.3) is 5.91 Å². The first-order valence-electron chi connectivity index (χ1n) is 12.5. The average molecular weight is 553 g/mol. The lowest BCUT2D eigenvalue weighted by atomic mass is 10.00. The second-order valence-corrected chi connectivity index (χ2v) is 9.66. The smallest absolute Gasteiger partial charge is 0.326 e. The lowest BCUT2D eigenvalue weighted by molar-refractivity contribution is -0.253. The molecule has 0 bridgehead atoms. The molecule has 1 aromatic carbocycles. The van der Waals surface area contributed by atoms with Crippen LogP contribution in [0.5, 0.6) is 0 Å². The number of aromatic nitrogens is 3. The Labute approximate surface area is 218 Å². The Morgan fingerprint density at radius 2 is 1.77 bits per heavy atom. The number of alkyl halides is 3. The highest BCUT2D eigenvalue weighted by molar-refractivity contribution is 5.88. The Bertz CT molecular complexity index is 1450. The van der Waals surface area contributed by atoms with Crippen molar-refractivity contribution in [2.75, 3.05) is 13.1 Å². The van der Waals surface area contributed by atoms with E-state index in [9.17, 15) is 36.3 Å². The van der Waals surface area contributed by atoms with Crippen molar-refractivity contribution in [3.05, 3.63) is 64.2 Å². The number of piperidine rings is 1. The standard InChI is InChI=1S/C25H25F5N6O3/c26-16-5-1-4-15(20(16)27)18-7-2-6-17(22(37)36(18)25(28,29)30)32-23(38)34-12-9-14(10-13-34)35-19-8-3-11-31-21(19)33-24(35)39/h1,3-5,8,11,14,17-18H,2,6-7,9-10,12-13H2,(H,32,38)(H,31,33,39). The first-order valence-corrected chi connectivity index (χ1v) is 12.5. The average Bonchev–Trinajstić information content (AvgIpc) is 3.14. The van der Waals surface area contributed by atoms with Crippen molar-refractivity contribution in [3.63, 3.8) is 0 Å². The molecule has 2 saturated heterocycles. The zero-order chi connectivity index (χ0) is 27.9. The summed E-state index contributed by atoms with van der Waals surface area (Å²) in [4.78, 5) is 46.3. The minimum Gasteiger partial charge on any atom is -0.326 e. The fraction of sp³-hybridized carbons (Fsp3) is 0.440. The van der Waals surface area contributed by atoms with Crippen LogP contribution in [0.2, 0.25) is 0 Å². The van der Waals surface area contributed by atoms with Crippen molar-refractivity contribution in [2.24, 2.45) is 0 Å². The monoisotopic (exact) mass is 552 g/mol. The highest BCUT2D eigenvalue weighted by atomic mass is 19.4. The van der Waals surface area contributed by atoms with Crippen LogP contribution in [-0.4, -0.2) is 61.7 Å². The van der Waals surface area contributed by atoms with E-state index in [1.807, 2.05) is 0 Å². The Kier molecular flexibility index (Phi) is 7.03. The zero-order valence-corrected chi connectivity index (χ0v) is 20.5. The summed E-state index contributed by atoms with van der Waals surface area (Å²) in [7, 11) is 0. The van der Waals surface area contributed by atoms with Gasteiger partial charge in [0.15, 0.2) is 17.3 Å². The van der Waals surface area contributed by atoms with Crippen LogP contribution in [0.15, 0.2) is 41.3 Å². The maximum absolute atomic E-state index is 14.4. The van der Waals surface area contributed by atoms with Gasteiger partial charge in [-0.3, -0.25) is 14.3 Å². The third kappa shape index (κ3) is 5.06. The second-order valence-electron chi connectivity index (χ2n) is 9.66. The number of rotatable bonds is 3. The third-order valence-electron chi connectivity index (χ3n) is 7.34. The van der Waals surface area contributed by atoms with Crippen LogP contribution < -0.4 is 11.0 Å². The molecular formula is C25H25F5N6O3. The Morgan fingerprint density at radius 1 is 1.03 bits per heavy atom. The molecule has 39 heavy (non-hydrogen) atoms. The van der Waals surface area contributed by atoms with Gasteiger partial charge in [0.05, 0.1) is 11.6 Å². The van der Waals surface area contributed by atoms with E-state index in [1.54, 1.807) is 22.9 Å². The largest absolute Gasteiger partial charge is 0.487 e. The molecule has 3 amide bonds. The van der Waals surface area contributed by atoms with Crippen LogP contribution in [0.1, 0.15) is 49.8 Å². The predicted molar refractivity (Wildman–Crippen MR) is 128 cm³/mol. The van der Waals surface area contributed by atoms with Crippen LogP contribution >= 0.6 is 0 Å². The topological polar surface area (TPSA) is 103 Å². The molecule has 3 aromatic rings. The van der Waals surface area contributed by atoms with Crippen LogP contribution in [0.25, 0.3) is 11.2 Å². The number of urea groups is 1. The quantitative estimate of drug-likeness (QED) is 0.379. The van der Waals surface area contributed by atoms with E-state index in [2.05, 4.69) is 15.3 Å². The van der Waals surface area contributed by atoms with Crippen LogP contribution in [0.4, 0.5) is 26.7 Å². The molecule has 2 atom stereocenters. The molecule has 208 valence electrons. The normalized spacial score (nSPS) is 21.3. The van der Waals surface area contributed by atoms with Crippen LogP contribution in [-0.2, 0) is 4.79 Å². The number of carbonyl (C=O) groups excluding carboxylic acids is 2. The first kappa shape index (κ1) is 26.6. The van der Waals surface area contributed by atoms with Crippen molar-refractivity contribution < 1.29 is 31.5 Å². The lowest BCUT2D eigenvalue weighted by Crippen LogP contribution is -2.56. The second kappa shape index (κ2) is 10.3. The van der Waals surface area contributed by atoms with Gasteiger partial charge in [-0.2, -0.15) is 0 Å². The van der Waals surface area contributed by atoms with Gasteiger partial charge in [-0.15, -0.1) is 13.2 Å². The molecule has 2 unspecified atom stereocenters. The molecule has 0 aliphatic carbocycles. The van der Waals surface area contributed by atoms with E-state index in [-0.39, 0.29) is 44.1 Å². The molecule has 2 aliphatic heterocycles. The Balaban J connectivity index is 1.29. The SMILES string of the molecule is O=C(NC1CCCC(c2cccc(F)c2F)N(C(F)(F)F)C1=O)N1CCC(n2c(=O)[nH]c3ncccc32)CC1. The van der Waals surface area contributed by atoms with Gasteiger partial charge in [0, 0.05) is 30.9 Å². The number of fused-ring (bicyclic) bond motifs is 1. The van der Waals surface area contributed by atoms with Gasteiger partial charge in [0.2, 0.25) is 0 Å². The van der Waals surface area contributed by atoms with E-state index in [0.29, 0.717) is 24.0 Å². The highest BCUT2D eigenvalue weighted by Gasteiger charge is 2.50. The Hall–Kier alpha value is -3.97. The van der Waals surface area contributed by atoms with Gasteiger partial charge in [-0.25, -0.2) is 28.3 Å². The molecule has 0 spiro atoms. The number of imidazole rings is 1. The summed E-state index contributed by atoms with van der Waals surface area (Å²) in [6.45, 7) is 0.411. The molecule has 14 heteroatoms. The number of hydrogen-bond donors (Lipinski definition) is 2.